The van der Waals surface area contributed by atoms with Crippen molar-refractivity contribution in [1.82, 2.24) is 10.2 Å². The first-order chi connectivity index (χ1) is 10.5. The van der Waals surface area contributed by atoms with Gasteiger partial charge in [-0.05, 0) is 70.1 Å². The van der Waals surface area contributed by atoms with Crippen LogP contribution in [0.25, 0.3) is 0 Å². The van der Waals surface area contributed by atoms with E-state index in [1.165, 1.54) is 19.3 Å². The topological polar surface area (TPSA) is 49.4 Å². The van der Waals surface area contributed by atoms with Crippen molar-refractivity contribution in [2.24, 2.45) is 5.92 Å². The lowest BCUT2D eigenvalue weighted by atomic mass is 9.94. The summed E-state index contributed by atoms with van der Waals surface area (Å²) >= 11 is 3.33. The van der Waals surface area contributed by atoms with Gasteiger partial charge >= 0.3 is 0 Å². The molecule has 0 radical (unpaired) electrons. The first-order valence-electron chi connectivity index (χ1n) is 7.86. The molecule has 22 heavy (non-hydrogen) atoms. The standard InChI is InChI=1S/C16H25BrN2O2S/c1-18-8-5-14-6-9-19(10-7-14)11-12-22(20,21)16-4-2-3-15(17)13-16/h2-4,13-14,18H,5-12H2,1H3. The van der Waals surface area contributed by atoms with Crippen molar-refractivity contribution in [3.63, 3.8) is 0 Å². The molecule has 0 saturated carbocycles. The number of benzene rings is 1. The van der Waals surface area contributed by atoms with Crippen LogP contribution in [-0.2, 0) is 9.84 Å². The van der Waals surface area contributed by atoms with E-state index in [1.807, 2.05) is 13.1 Å². The van der Waals surface area contributed by atoms with Gasteiger partial charge in [0.25, 0.3) is 0 Å². The second-order valence-electron chi connectivity index (χ2n) is 5.95. The summed E-state index contributed by atoms with van der Waals surface area (Å²) in [4.78, 5) is 2.69. The van der Waals surface area contributed by atoms with Crippen molar-refractivity contribution in [3.05, 3.63) is 28.7 Å². The summed E-state index contributed by atoms with van der Waals surface area (Å²) in [6.07, 6.45) is 3.58. The van der Waals surface area contributed by atoms with Crippen LogP contribution in [0.1, 0.15) is 19.3 Å². The number of piperidine rings is 1. The van der Waals surface area contributed by atoms with E-state index in [0.717, 1.165) is 30.0 Å². The maximum absolute atomic E-state index is 12.4. The lowest BCUT2D eigenvalue weighted by Gasteiger charge is -2.31. The zero-order valence-electron chi connectivity index (χ0n) is 13.1. The van der Waals surface area contributed by atoms with Crippen molar-refractivity contribution >= 4 is 25.8 Å². The Kier molecular flexibility index (Phi) is 6.87. The van der Waals surface area contributed by atoms with Gasteiger partial charge < -0.3 is 10.2 Å². The molecule has 1 fully saturated rings. The van der Waals surface area contributed by atoms with Gasteiger partial charge in [0.2, 0.25) is 0 Å². The van der Waals surface area contributed by atoms with Crippen molar-refractivity contribution < 1.29 is 8.42 Å². The average molecular weight is 389 g/mol. The summed E-state index contributed by atoms with van der Waals surface area (Å²) in [5.41, 5.74) is 0. The van der Waals surface area contributed by atoms with Gasteiger partial charge in [0.05, 0.1) is 10.6 Å². The predicted molar refractivity (Wildman–Crippen MR) is 93.9 cm³/mol. The van der Waals surface area contributed by atoms with Crippen LogP contribution in [0.2, 0.25) is 0 Å². The summed E-state index contributed by atoms with van der Waals surface area (Å²) in [5.74, 6) is 0.982. The molecule has 1 aromatic rings. The fourth-order valence-corrected chi connectivity index (χ4v) is 4.75. The maximum atomic E-state index is 12.4. The molecule has 1 aliphatic rings. The summed E-state index contributed by atoms with van der Waals surface area (Å²) < 4.78 is 25.6. The lowest BCUT2D eigenvalue weighted by molar-refractivity contribution is 0.187. The Morgan fingerprint density at radius 1 is 1.32 bits per heavy atom. The Balaban J connectivity index is 1.81. The third kappa shape index (κ3) is 5.33. The van der Waals surface area contributed by atoms with Crippen LogP contribution in [-0.4, -0.2) is 52.3 Å². The monoisotopic (exact) mass is 388 g/mol. The number of hydrogen-bond acceptors (Lipinski definition) is 4. The van der Waals surface area contributed by atoms with Crippen LogP contribution in [0.15, 0.2) is 33.6 Å². The Bertz CT molecular complexity index is 569. The molecule has 124 valence electrons. The largest absolute Gasteiger partial charge is 0.320 e. The second kappa shape index (κ2) is 8.43. The Hall–Kier alpha value is -0.430. The highest BCUT2D eigenvalue weighted by Crippen LogP contribution is 2.21. The van der Waals surface area contributed by atoms with E-state index >= 15 is 0 Å². The van der Waals surface area contributed by atoms with Gasteiger partial charge in [0.1, 0.15) is 0 Å². The molecule has 0 aliphatic carbocycles. The SMILES string of the molecule is CNCCC1CCN(CCS(=O)(=O)c2cccc(Br)c2)CC1. The van der Waals surface area contributed by atoms with Crippen molar-refractivity contribution in [2.75, 3.05) is 39.0 Å². The van der Waals surface area contributed by atoms with Crippen molar-refractivity contribution in [3.8, 4) is 0 Å². The predicted octanol–water partition coefficient (Wildman–Crippen LogP) is 2.54. The average Bonchev–Trinajstić information content (AvgIpc) is 2.52. The fourth-order valence-electron chi connectivity index (χ4n) is 2.87. The van der Waals surface area contributed by atoms with E-state index in [0.29, 0.717) is 11.4 Å². The number of likely N-dealkylation sites (tertiary alicyclic amines) is 1. The van der Waals surface area contributed by atoms with E-state index < -0.39 is 9.84 Å². The van der Waals surface area contributed by atoms with E-state index in [9.17, 15) is 8.42 Å². The normalized spacial score (nSPS) is 17.7. The zero-order chi connectivity index (χ0) is 16.0. The molecule has 0 bridgehead atoms. The summed E-state index contributed by atoms with van der Waals surface area (Å²) in [7, 11) is -1.20. The van der Waals surface area contributed by atoms with Gasteiger partial charge in [-0.15, -0.1) is 0 Å². The maximum Gasteiger partial charge on any atom is 0.179 e. The third-order valence-corrected chi connectivity index (χ3v) is 6.53. The molecular formula is C16H25BrN2O2S. The lowest BCUT2D eigenvalue weighted by Crippen LogP contribution is -2.37. The molecule has 2 rings (SSSR count). The highest BCUT2D eigenvalue weighted by atomic mass is 79.9. The summed E-state index contributed by atoms with van der Waals surface area (Å²) in [5, 5.41) is 3.20. The van der Waals surface area contributed by atoms with E-state index in [4.69, 9.17) is 0 Å². The first-order valence-corrected chi connectivity index (χ1v) is 10.3. The van der Waals surface area contributed by atoms with E-state index in [2.05, 4.69) is 26.1 Å². The minimum Gasteiger partial charge on any atom is -0.320 e. The van der Waals surface area contributed by atoms with Crippen LogP contribution >= 0.6 is 15.9 Å². The number of halogens is 1. The molecule has 0 unspecified atom stereocenters. The molecule has 0 aromatic heterocycles. The number of hydrogen-bond donors (Lipinski definition) is 1. The quantitative estimate of drug-likeness (QED) is 0.779. The highest BCUT2D eigenvalue weighted by molar-refractivity contribution is 9.10. The zero-order valence-corrected chi connectivity index (χ0v) is 15.5. The molecule has 0 amide bonds. The molecule has 0 spiro atoms. The van der Waals surface area contributed by atoms with Crippen LogP contribution in [0.5, 0.6) is 0 Å². The molecule has 6 heteroatoms. The molecule has 1 saturated heterocycles. The smallest absolute Gasteiger partial charge is 0.179 e. The minimum absolute atomic E-state index is 0.199. The molecular weight excluding hydrogens is 364 g/mol. The van der Waals surface area contributed by atoms with Gasteiger partial charge in [-0.25, -0.2) is 8.42 Å². The van der Waals surface area contributed by atoms with Crippen LogP contribution in [0.4, 0.5) is 0 Å². The second-order valence-corrected chi connectivity index (χ2v) is 8.98. The Morgan fingerprint density at radius 3 is 2.68 bits per heavy atom. The first kappa shape index (κ1) is 17.9. The van der Waals surface area contributed by atoms with Gasteiger partial charge in [-0.2, -0.15) is 0 Å². The molecule has 1 aliphatic heterocycles. The van der Waals surface area contributed by atoms with E-state index in [1.54, 1.807) is 18.2 Å². The molecule has 1 heterocycles. The van der Waals surface area contributed by atoms with Gasteiger partial charge in [0.15, 0.2) is 9.84 Å². The third-order valence-electron chi connectivity index (χ3n) is 4.34. The highest BCUT2D eigenvalue weighted by Gasteiger charge is 2.21. The molecule has 4 nitrogen and oxygen atoms in total. The number of rotatable bonds is 7. The number of nitrogens with zero attached hydrogens (tertiary/aromatic N) is 1. The van der Waals surface area contributed by atoms with Crippen LogP contribution in [0, 0.1) is 5.92 Å². The fraction of sp³-hybridized carbons (Fsp3) is 0.625. The van der Waals surface area contributed by atoms with E-state index in [-0.39, 0.29) is 5.75 Å². The minimum atomic E-state index is -3.19. The summed E-state index contributed by atoms with van der Waals surface area (Å²) in [6.45, 7) is 3.74. The van der Waals surface area contributed by atoms with Gasteiger partial charge in [-0.3, -0.25) is 0 Å². The van der Waals surface area contributed by atoms with Gasteiger partial charge in [-0.1, -0.05) is 22.0 Å². The molecule has 1 aromatic carbocycles. The Labute approximate surface area is 142 Å². The van der Waals surface area contributed by atoms with Crippen LogP contribution < -0.4 is 5.32 Å². The van der Waals surface area contributed by atoms with Crippen molar-refractivity contribution in [2.45, 2.75) is 24.2 Å². The number of nitrogens with one attached hydrogen (secondary N) is 1. The molecule has 1 N–H and O–H groups in total. The van der Waals surface area contributed by atoms with Crippen LogP contribution in [0.3, 0.4) is 0 Å². The summed E-state index contributed by atoms with van der Waals surface area (Å²) in [6, 6.07) is 6.96. The van der Waals surface area contributed by atoms with Crippen molar-refractivity contribution in [1.29, 1.82) is 0 Å². The molecule has 0 atom stereocenters. The Morgan fingerprint density at radius 2 is 2.05 bits per heavy atom. The number of sulfone groups is 1. The van der Waals surface area contributed by atoms with Gasteiger partial charge in [0, 0.05) is 11.0 Å².